The van der Waals surface area contributed by atoms with Gasteiger partial charge in [-0.05, 0) is 30.2 Å². The fraction of sp³-hybridized carbons (Fsp3) is 0.480. The van der Waals surface area contributed by atoms with Crippen molar-refractivity contribution in [3.63, 3.8) is 0 Å². The van der Waals surface area contributed by atoms with Gasteiger partial charge >= 0.3 is 0 Å². The monoisotopic (exact) mass is 515 g/mol. The van der Waals surface area contributed by atoms with Crippen molar-refractivity contribution in [2.75, 3.05) is 51.7 Å². The Bertz CT molecular complexity index is 1080. The summed E-state index contributed by atoms with van der Waals surface area (Å²) in [4.78, 5) is 59.2. The third kappa shape index (κ3) is 7.51. The number of nitrogens with one attached hydrogen (secondary N) is 1. The molecule has 1 fully saturated rings. The second-order valence-corrected chi connectivity index (χ2v) is 9.92. The molecule has 11 heteroatoms. The first-order chi connectivity index (χ1) is 17.2. The van der Waals surface area contributed by atoms with Crippen molar-refractivity contribution in [3.8, 4) is 5.75 Å². The zero-order valence-corrected chi connectivity index (χ0v) is 22.0. The van der Waals surface area contributed by atoms with Crippen molar-refractivity contribution in [2.24, 2.45) is 5.92 Å². The van der Waals surface area contributed by atoms with Gasteiger partial charge in [-0.3, -0.25) is 19.2 Å². The number of carbonyl (C=O) groups is 4. The Morgan fingerprint density at radius 1 is 1.08 bits per heavy atom. The predicted molar refractivity (Wildman–Crippen MR) is 137 cm³/mol. The van der Waals surface area contributed by atoms with Crippen LogP contribution in [0.15, 0.2) is 29.6 Å². The zero-order valence-electron chi connectivity index (χ0n) is 21.2. The third-order valence-electron chi connectivity index (χ3n) is 5.75. The van der Waals surface area contributed by atoms with Crippen LogP contribution in [-0.4, -0.2) is 89.7 Å². The van der Waals surface area contributed by atoms with Crippen LogP contribution >= 0.6 is 11.3 Å². The number of amides is 4. The minimum absolute atomic E-state index is 0.0136. The van der Waals surface area contributed by atoms with E-state index >= 15 is 0 Å². The molecule has 0 spiro atoms. The fourth-order valence-corrected chi connectivity index (χ4v) is 4.62. The maximum atomic E-state index is 13.0. The van der Waals surface area contributed by atoms with E-state index in [-0.39, 0.29) is 42.5 Å². The summed E-state index contributed by atoms with van der Waals surface area (Å²) < 4.78 is 5.15. The van der Waals surface area contributed by atoms with Gasteiger partial charge in [-0.15, -0.1) is 11.3 Å². The molecule has 0 unspecified atom stereocenters. The van der Waals surface area contributed by atoms with E-state index in [0.29, 0.717) is 54.9 Å². The molecule has 4 amide bonds. The SMILES string of the molecule is COc1ccc(C(=O)N(CC(=O)Nc2nc(CC(=O)N3CCN(C(C)=O)CC3)cs2)CC(C)C)cc1. The lowest BCUT2D eigenvalue weighted by Gasteiger charge is -2.34. The second kappa shape index (κ2) is 12.5. The molecule has 0 bridgehead atoms. The number of methoxy groups -OCH3 is 1. The number of hydrogen-bond donors (Lipinski definition) is 1. The molecule has 1 aliphatic heterocycles. The zero-order chi connectivity index (χ0) is 26.2. The Hall–Kier alpha value is -3.47. The smallest absolute Gasteiger partial charge is 0.254 e. The maximum Gasteiger partial charge on any atom is 0.254 e. The summed E-state index contributed by atoms with van der Waals surface area (Å²) in [6.45, 7) is 7.86. The Labute approximate surface area is 215 Å². The predicted octanol–water partition coefficient (Wildman–Crippen LogP) is 2.12. The van der Waals surface area contributed by atoms with Crippen LogP contribution < -0.4 is 10.1 Å². The van der Waals surface area contributed by atoms with Crippen LogP contribution in [0.1, 0.15) is 36.8 Å². The molecule has 1 saturated heterocycles. The van der Waals surface area contributed by atoms with Gasteiger partial charge < -0.3 is 24.8 Å². The van der Waals surface area contributed by atoms with Crippen molar-refractivity contribution in [2.45, 2.75) is 27.2 Å². The lowest BCUT2D eigenvalue weighted by molar-refractivity contribution is -0.138. The largest absolute Gasteiger partial charge is 0.497 e. The van der Waals surface area contributed by atoms with Crippen LogP contribution in [0.25, 0.3) is 0 Å². The van der Waals surface area contributed by atoms with Crippen molar-refractivity contribution in [3.05, 3.63) is 40.9 Å². The van der Waals surface area contributed by atoms with E-state index < -0.39 is 0 Å². The van der Waals surface area contributed by atoms with Crippen LogP contribution in [0.2, 0.25) is 0 Å². The fourth-order valence-electron chi connectivity index (χ4n) is 3.89. The molecule has 1 aliphatic rings. The number of thiazole rings is 1. The topological polar surface area (TPSA) is 112 Å². The molecule has 1 aromatic heterocycles. The van der Waals surface area contributed by atoms with Crippen LogP contribution in [0.3, 0.4) is 0 Å². The van der Waals surface area contributed by atoms with Crippen molar-refractivity contribution >= 4 is 40.1 Å². The molecule has 0 radical (unpaired) electrons. The van der Waals surface area contributed by atoms with E-state index in [1.165, 1.54) is 23.2 Å². The van der Waals surface area contributed by atoms with E-state index in [0.717, 1.165) is 0 Å². The number of carbonyl (C=O) groups excluding carboxylic acids is 4. The summed E-state index contributed by atoms with van der Waals surface area (Å²) in [6.07, 6.45) is 0.127. The summed E-state index contributed by atoms with van der Waals surface area (Å²) in [6, 6.07) is 6.78. The number of ether oxygens (including phenoxy) is 1. The first-order valence-corrected chi connectivity index (χ1v) is 12.7. The lowest BCUT2D eigenvalue weighted by atomic mass is 10.1. The molecule has 2 aromatic rings. The molecule has 36 heavy (non-hydrogen) atoms. The minimum atomic E-state index is -0.356. The summed E-state index contributed by atoms with van der Waals surface area (Å²) in [5, 5.41) is 4.87. The molecule has 0 aliphatic carbocycles. The second-order valence-electron chi connectivity index (χ2n) is 9.06. The average molecular weight is 516 g/mol. The van der Waals surface area contributed by atoms with E-state index in [1.54, 1.807) is 46.6 Å². The maximum absolute atomic E-state index is 13.0. The van der Waals surface area contributed by atoms with Gasteiger partial charge in [0.05, 0.1) is 19.2 Å². The number of anilines is 1. The van der Waals surface area contributed by atoms with E-state index in [2.05, 4.69) is 10.3 Å². The van der Waals surface area contributed by atoms with Gasteiger partial charge in [0.25, 0.3) is 5.91 Å². The molecular formula is C25H33N5O5S. The molecule has 194 valence electrons. The van der Waals surface area contributed by atoms with Gasteiger partial charge in [-0.1, -0.05) is 13.8 Å². The number of rotatable bonds is 9. The Balaban J connectivity index is 1.55. The highest BCUT2D eigenvalue weighted by atomic mass is 32.1. The van der Waals surface area contributed by atoms with E-state index in [9.17, 15) is 19.2 Å². The van der Waals surface area contributed by atoms with Crippen molar-refractivity contribution in [1.82, 2.24) is 19.7 Å². The average Bonchev–Trinajstić information content (AvgIpc) is 3.29. The molecule has 1 N–H and O–H groups in total. The van der Waals surface area contributed by atoms with Crippen LogP contribution in [0.5, 0.6) is 5.75 Å². The Morgan fingerprint density at radius 3 is 2.31 bits per heavy atom. The molecular weight excluding hydrogens is 482 g/mol. The van der Waals surface area contributed by atoms with Gasteiger partial charge in [0.2, 0.25) is 17.7 Å². The number of benzene rings is 1. The molecule has 3 rings (SSSR count). The van der Waals surface area contributed by atoms with Crippen molar-refractivity contribution in [1.29, 1.82) is 0 Å². The molecule has 2 heterocycles. The standard InChI is InChI=1S/C25H33N5O5S/c1-17(2)14-30(24(34)19-5-7-21(35-4)8-6-19)15-22(32)27-25-26-20(16-36-25)13-23(33)29-11-9-28(10-12-29)18(3)31/h5-8,16-17H,9-15H2,1-4H3,(H,26,27,32). The van der Waals surface area contributed by atoms with Gasteiger partial charge in [0.15, 0.2) is 5.13 Å². The highest BCUT2D eigenvalue weighted by Crippen LogP contribution is 2.18. The van der Waals surface area contributed by atoms with Crippen LogP contribution in [0, 0.1) is 5.92 Å². The molecule has 1 aromatic carbocycles. The van der Waals surface area contributed by atoms with Gasteiger partial charge in [-0.25, -0.2) is 4.98 Å². The lowest BCUT2D eigenvalue weighted by Crippen LogP contribution is -2.50. The summed E-state index contributed by atoms with van der Waals surface area (Å²) in [7, 11) is 1.56. The number of hydrogen-bond acceptors (Lipinski definition) is 7. The molecule has 0 saturated carbocycles. The van der Waals surface area contributed by atoms with Crippen LogP contribution in [-0.2, 0) is 20.8 Å². The normalized spacial score (nSPS) is 13.5. The molecule has 10 nitrogen and oxygen atoms in total. The quantitative estimate of drug-likeness (QED) is 0.548. The number of aromatic nitrogens is 1. The van der Waals surface area contributed by atoms with E-state index in [4.69, 9.17) is 4.74 Å². The highest BCUT2D eigenvalue weighted by molar-refractivity contribution is 7.13. The summed E-state index contributed by atoms with van der Waals surface area (Å²) in [5.41, 5.74) is 1.05. The third-order valence-corrected chi connectivity index (χ3v) is 6.56. The van der Waals surface area contributed by atoms with Gasteiger partial charge in [-0.2, -0.15) is 0 Å². The highest BCUT2D eigenvalue weighted by Gasteiger charge is 2.24. The minimum Gasteiger partial charge on any atom is -0.497 e. The van der Waals surface area contributed by atoms with E-state index in [1.807, 2.05) is 13.8 Å². The first-order valence-electron chi connectivity index (χ1n) is 11.9. The Kier molecular flexibility index (Phi) is 9.40. The summed E-state index contributed by atoms with van der Waals surface area (Å²) in [5.74, 6) is 0.182. The first kappa shape index (κ1) is 27.1. The van der Waals surface area contributed by atoms with Crippen LogP contribution in [0.4, 0.5) is 5.13 Å². The van der Waals surface area contributed by atoms with Gasteiger partial charge in [0, 0.05) is 50.6 Å². The summed E-state index contributed by atoms with van der Waals surface area (Å²) >= 11 is 1.24. The number of nitrogens with zero attached hydrogens (tertiary/aromatic N) is 4. The van der Waals surface area contributed by atoms with Crippen molar-refractivity contribution < 1.29 is 23.9 Å². The van der Waals surface area contributed by atoms with Gasteiger partial charge in [0.1, 0.15) is 12.3 Å². The Morgan fingerprint density at radius 2 is 1.72 bits per heavy atom. The molecule has 0 atom stereocenters. The number of piperazine rings is 1.